The fraction of sp³-hybridized carbons (Fsp3) is 0.286. The van der Waals surface area contributed by atoms with Crippen molar-refractivity contribution in [2.24, 2.45) is 0 Å². The first kappa shape index (κ1) is 15.8. The van der Waals surface area contributed by atoms with Crippen molar-refractivity contribution in [2.45, 2.75) is 0 Å². The first-order chi connectivity index (χ1) is 5.65. The van der Waals surface area contributed by atoms with Crippen molar-refractivity contribution in [3.8, 4) is 0 Å². The maximum absolute atomic E-state index is 8.12. The van der Waals surface area contributed by atoms with Crippen molar-refractivity contribution < 1.29 is 18.6 Å². The number of rotatable bonds is 0. The van der Waals surface area contributed by atoms with Crippen molar-refractivity contribution >= 4 is 35.1 Å². The molecule has 0 spiro atoms. The van der Waals surface area contributed by atoms with Crippen molar-refractivity contribution in [3.05, 3.63) is 30.3 Å². The molecule has 0 fully saturated rings. The van der Waals surface area contributed by atoms with Crippen LogP contribution in [0.1, 0.15) is 0 Å². The molecule has 0 aromatic heterocycles. The second kappa shape index (κ2) is 14.9. The van der Waals surface area contributed by atoms with Gasteiger partial charge in [0.2, 0.25) is 0 Å². The zero-order valence-electron chi connectivity index (χ0n) is 6.87. The number of hydrogen-bond acceptors (Lipinski definition) is 1. The quantitative estimate of drug-likeness (QED) is 0.430. The maximum Gasteiger partial charge on any atom is -0.172 e. The third-order valence-corrected chi connectivity index (χ3v) is 0.556. The molecule has 0 saturated carbocycles. The van der Waals surface area contributed by atoms with Crippen molar-refractivity contribution in [2.75, 3.05) is 13.3 Å². The first-order valence-electron chi connectivity index (χ1n) is 3.01. The minimum absolute atomic E-state index is 0.125. The predicted octanol–water partition coefficient (Wildman–Crippen LogP) is 3.73. The fourth-order valence-corrected chi connectivity index (χ4v) is 0.321. The van der Waals surface area contributed by atoms with Crippen LogP contribution >= 0.6 is 35.1 Å². The summed E-state index contributed by atoms with van der Waals surface area (Å²) in [6.45, 7) is 3.57. The van der Waals surface area contributed by atoms with E-state index in [1.165, 1.54) is 0 Å². The smallest absolute Gasteiger partial charge is 0.172 e. The van der Waals surface area contributed by atoms with Crippen molar-refractivity contribution in [1.82, 2.24) is 0 Å². The average Bonchev–Trinajstić information content (AvgIpc) is 2.40. The molecule has 5 heteroatoms. The zero-order chi connectivity index (χ0) is 9.82. The van der Waals surface area contributed by atoms with E-state index in [4.69, 9.17) is 4.89 Å². The van der Waals surface area contributed by atoms with Crippen LogP contribution in [0.25, 0.3) is 0 Å². The molecule has 0 saturated heterocycles. The van der Waals surface area contributed by atoms with Gasteiger partial charge in [0.25, 0.3) is 0 Å². The molecular weight excluding hydrogens is 483 g/mol. The molecule has 0 aliphatic carbocycles. The van der Waals surface area contributed by atoms with Crippen molar-refractivity contribution in [1.29, 1.82) is 0 Å². The van der Waals surface area contributed by atoms with E-state index in [1.807, 2.05) is 30.3 Å². The summed E-state index contributed by atoms with van der Waals surface area (Å²) in [5, 5.41) is 0. The Morgan fingerprint density at radius 1 is 1.25 bits per heavy atom. The Morgan fingerprint density at radius 2 is 1.50 bits per heavy atom. The molecule has 0 radical (unpaired) electrons. The monoisotopic (exact) mass is 494 g/mol. The van der Waals surface area contributed by atoms with Gasteiger partial charge in [0.1, 0.15) is 0 Å². The van der Waals surface area contributed by atoms with E-state index >= 15 is 0 Å². The minimum Gasteiger partial charge on any atom is -0.214 e. The van der Waals surface area contributed by atoms with E-state index in [2.05, 4.69) is 27.0 Å². The normalized spacial score (nSPS) is 8.17. The Kier molecular flexibility index (Phi) is 19.6. The van der Waals surface area contributed by atoms with Crippen LogP contribution in [-0.4, -0.2) is 18.2 Å². The van der Waals surface area contributed by atoms with Crippen LogP contribution < -0.4 is 0 Å². The van der Waals surface area contributed by atoms with Crippen LogP contribution in [0.4, 0.5) is 0 Å². The molecular formula is C7H12Br2IrOP. The SMILES string of the molecule is CP(C)O.[Br][Ir+][Br].c1cc[cH-]c1. The summed E-state index contributed by atoms with van der Waals surface area (Å²) in [6.07, 6.45) is 0. The van der Waals surface area contributed by atoms with Crippen LogP contribution in [0.2, 0.25) is 0 Å². The summed E-state index contributed by atoms with van der Waals surface area (Å²) in [5.41, 5.74) is 0. The van der Waals surface area contributed by atoms with E-state index in [9.17, 15) is 0 Å². The Hall–Kier alpha value is 1.35. The first-order valence-corrected chi connectivity index (χ1v) is 15.7. The Balaban J connectivity index is 0. The summed E-state index contributed by atoms with van der Waals surface area (Å²) in [4.78, 5) is 8.12. The molecule has 0 heterocycles. The topological polar surface area (TPSA) is 20.2 Å². The molecule has 1 rings (SSSR count). The van der Waals surface area contributed by atoms with Crippen molar-refractivity contribution in [3.63, 3.8) is 0 Å². The molecule has 0 aliphatic heterocycles. The van der Waals surface area contributed by atoms with Crippen LogP contribution in [-0.2, 0) is 13.7 Å². The molecule has 12 heavy (non-hydrogen) atoms. The van der Waals surface area contributed by atoms with Gasteiger partial charge >= 0.3 is 40.7 Å². The van der Waals surface area contributed by atoms with E-state index in [-0.39, 0.29) is 13.7 Å². The van der Waals surface area contributed by atoms with Gasteiger partial charge in [-0.1, -0.05) is 0 Å². The zero-order valence-corrected chi connectivity index (χ0v) is 13.3. The third kappa shape index (κ3) is 30.2. The standard InChI is InChI=1S/C5H5.C2H7OP.2BrH.Ir/c1-2-4-5-3-1;1-4(2)3;;;/h1-5H;3H,1-2H3;2*1H;/q-1;;;;+3/p-2. The van der Waals surface area contributed by atoms with Gasteiger partial charge in [-0.15, -0.1) is 0 Å². The van der Waals surface area contributed by atoms with E-state index in [0.717, 1.165) is 0 Å². The van der Waals surface area contributed by atoms with E-state index in [0.29, 0.717) is 0 Å². The summed E-state index contributed by atoms with van der Waals surface area (Å²) >= 11 is 6.50. The summed E-state index contributed by atoms with van der Waals surface area (Å²) in [6, 6.07) is 10.0. The Bertz CT molecular complexity index is 116. The van der Waals surface area contributed by atoms with Gasteiger partial charge in [0.05, 0.1) is 0 Å². The van der Waals surface area contributed by atoms with Crippen LogP contribution in [0.5, 0.6) is 0 Å². The minimum atomic E-state index is -0.620. The van der Waals surface area contributed by atoms with Gasteiger partial charge in [-0.05, 0) is 13.3 Å². The molecule has 0 aliphatic rings. The summed E-state index contributed by atoms with van der Waals surface area (Å²) in [7, 11) is -0.620. The van der Waals surface area contributed by atoms with E-state index in [1.54, 1.807) is 13.3 Å². The number of halogens is 2. The fourth-order valence-electron chi connectivity index (χ4n) is 0.321. The van der Waals surface area contributed by atoms with Crippen LogP contribution in [0.15, 0.2) is 30.3 Å². The van der Waals surface area contributed by atoms with Gasteiger partial charge in [0, 0.05) is 8.15 Å². The second-order valence-corrected chi connectivity index (χ2v) is 14.0. The Morgan fingerprint density at radius 3 is 1.58 bits per heavy atom. The molecule has 1 nitrogen and oxygen atoms in total. The molecule has 1 aromatic rings. The van der Waals surface area contributed by atoms with Gasteiger partial charge in [-0.3, -0.25) is 0 Å². The average molecular weight is 495 g/mol. The molecule has 0 amide bonds. The van der Waals surface area contributed by atoms with Gasteiger partial charge in [-0.2, -0.15) is 18.2 Å². The molecule has 0 bridgehead atoms. The van der Waals surface area contributed by atoms with E-state index < -0.39 is 8.15 Å². The third-order valence-electron chi connectivity index (χ3n) is 0.556. The summed E-state index contributed by atoms with van der Waals surface area (Å²) in [5.74, 6) is 0. The van der Waals surface area contributed by atoms with Gasteiger partial charge in [-0.25, -0.2) is 12.1 Å². The van der Waals surface area contributed by atoms with Gasteiger partial charge in [0.15, 0.2) is 0 Å². The Labute approximate surface area is 96.7 Å². The molecule has 0 atom stereocenters. The maximum atomic E-state index is 8.12. The largest absolute Gasteiger partial charge is 0.214 e. The molecule has 1 aromatic carbocycles. The summed E-state index contributed by atoms with van der Waals surface area (Å²) < 4.78 is 0. The number of hydrogen-bond donors (Lipinski definition) is 1. The molecule has 0 unspecified atom stereocenters. The molecule has 74 valence electrons. The molecule has 1 N–H and O–H groups in total. The van der Waals surface area contributed by atoms with Crippen LogP contribution in [0.3, 0.4) is 0 Å². The predicted molar refractivity (Wildman–Crippen MR) is 60.9 cm³/mol. The van der Waals surface area contributed by atoms with Gasteiger partial charge < -0.3 is 4.89 Å². The second-order valence-electron chi connectivity index (χ2n) is 1.86. The van der Waals surface area contributed by atoms with Crippen LogP contribution in [0, 0.1) is 0 Å².